The Hall–Kier alpha value is -4.04. The molecular weight excluding hydrogens is 396 g/mol. The Labute approximate surface area is 177 Å². The molecule has 2 aromatic heterocycles. The van der Waals surface area contributed by atoms with Gasteiger partial charge in [0.05, 0.1) is 11.9 Å². The quantitative estimate of drug-likeness (QED) is 0.369. The molecule has 0 unspecified atom stereocenters. The van der Waals surface area contributed by atoms with Gasteiger partial charge in [-0.15, -0.1) is 0 Å². The van der Waals surface area contributed by atoms with Crippen LogP contribution in [0.4, 0.5) is 0 Å². The summed E-state index contributed by atoms with van der Waals surface area (Å²) in [5, 5.41) is 9.12. The molecule has 0 atom stereocenters. The molecule has 0 bridgehead atoms. The van der Waals surface area contributed by atoms with Crippen LogP contribution in [0.25, 0.3) is 11.0 Å². The number of nitrogens with one attached hydrogen (secondary N) is 1. The molecule has 31 heavy (non-hydrogen) atoms. The summed E-state index contributed by atoms with van der Waals surface area (Å²) in [6, 6.07) is 19.5. The Morgan fingerprint density at radius 2 is 1.65 bits per heavy atom. The maximum atomic E-state index is 13.2. The van der Waals surface area contributed by atoms with E-state index in [4.69, 9.17) is 5.21 Å². The Balaban J connectivity index is 1.74. The first kappa shape index (κ1) is 20.2. The minimum Gasteiger partial charge on any atom is -0.288 e. The molecule has 8 heteroatoms. The summed E-state index contributed by atoms with van der Waals surface area (Å²) in [6.07, 6.45) is 2.09. The van der Waals surface area contributed by atoms with Crippen LogP contribution in [0.1, 0.15) is 21.5 Å². The number of hydroxylamine groups is 1. The molecule has 0 spiro atoms. The topological polar surface area (TPSA) is 106 Å². The minimum absolute atomic E-state index is 0.180. The third-order valence-corrected chi connectivity index (χ3v) is 5.10. The number of fused-ring (bicyclic) bond motifs is 1. The van der Waals surface area contributed by atoms with Crippen LogP contribution in [0.5, 0.6) is 0 Å². The van der Waals surface area contributed by atoms with Crippen molar-refractivity contribution < 1.29 is 10.0 Å². The van der Waals surface area contributed by atoms with Gasteiger partial charge >= 0.3 is 5.69 Å². The van der Waals surface area contributed by atoms with Gasteiger partial charge in [0.15, 0.2) is 0 Å². The number of carbonyl (C=O) groups excluding carboxylic acids is 1. The van der Waals surface area contributed by atoms with E-state index in [0.717, 1.165) is 11.1 Å². The first-order valence-electron chi connectivity index (χ1n) is 9.74. The van der Waals surface area contributed by atoms with E-state index in [2.05, 4.69) is 4.98 Å². The average Bonchev–Trinajstić information content (AvgIpc) is 2.82. The summed E-state index contributed by atoms with van der Waals surface area (Å²) in [4.78, 5) is 42.0. The minimum atomic E-state index is -0.620. The number of aryl methyl sites for hydroxylation is 1. The molecule has 2 aromatic carbocycles. The Morgan fingerprint density at radius 3 is 2.35 bits per heavy atom. The van der Waals surface area contributed by atoms with E-state index < -0.39 is 11.6 Å². The molecule has 8 nitrogen and oxygen atoms in total. The van der Waals surface area contributed by atoms with Crippen LogP contribution in [-0.2, 0) is 19.5 Å². The van der Waals surface area contributed by atoms with Crippen molar-refractivity contribution in [3.8, 4) is 0 Å². The van der Waals surface area contributed by atoms with Crippen LogP contribution in [0.15, 0.2) is 82.5 Å². The number of carbonyl (C=O) groups is 1. The van der Waals surface area contributed by atoms with Crippen molar-refractivity contribution >= 4 is 16.9 Å². The van der Waals surface area contributed by atoms with E-state index in [0.29, 0.717) is 17.5 Å². The van der Waals surface area contributed by atoms with E-state index >= 15 is 0 Å². The van der Waals surface area contributed by atoms with Gasteiger partial charge in [-0.2, -0.15) is 0 Å². The molecular formula is C23H20N4O4. The zero-order chi connectivity index (χ0) is 21.8. The summed E-state index contributed by atoms with van der Waals surface area (Å²) in [5.41, 5.74) is 3.15. The predicted molar refractivity (Wildman–Crippen MR) is 115 cm³/mol. The maximum Gasteiger partial charge on any atom is 0.332 e. The smallest absolute Gasteiger partial charge is 0.288 e. The molecule has 1 amide bonds. The van der Waals surface area contributed by atoms with E-state index in [1.807, 2.05) is 30.3 Å². The molecule has 156 valence electrons. The lowest BCUT2D eigenvalue weighted by Gasteiger charge is -2.14. The van der Waals surface area contributed by atoms with Crippen LogP contribution in [-0.4, -0.2) is 25.2 Å². The second kappa shape index (κ2) is 8.76. The van der Waals surface area contributed by atoms with Gasteiger partial charge in [0.1, 0.15) is 5.65 Å². The summed E-state index contributed by atoms with van der Waals surface area (Å²) in [5.74, 6) is -0.620. The van der Waals surface area contributed by atoms with Gasteiger partial charge in [0.25, 0.3) is 11.5 Å². The number of aromatic nitrogens is 3. The SMILES string of the molecule is O=C(NO)c1ccc(Cn2c(=O)n(CCc3ccccc3)c(=O)c3cccnc32)cc1. The van der Waals surface area contributed by atoms with Crippen molar-refractivity contribution in [2.75, 3.05) is 0 Å². The fourth-order valence-corrected chi connectivity index (χ4v) is 3.48. The summed E-state index contributed by atoms with van der Waals surface area (Å²) >= 11 is 0. The highest BCUT2D eigenvalue weighted by atomic mass is 16.5. The van der Waals surface area contributed by atoms with E-state index in [1.165, 1.54) is 9.13 Å². The molecule has 0 radical (unpaired) electrons. The molecule has 0 saturated carbocycles. The van der Waals surface area contributed by atoms with Crippen molar-refractivity contribution in [2.45, 2.75) is 19.5 Å². The molecule has 0 aliphatic heterocycles. The predicted octanol–water partition coefficient (Wildman–Crippen LogP) is 1.97. The first-order chi connectivity index (χ1) is 15.1. The Morgan fingerprint density at radius 1 is 0.903 bits per heavy atom. The lowest BCUT2D eigenvalue weighted by molar-refractivity contribution is 0.0706. The number of hydrogen-bond donors (Lipinski definition) is 2. The zero-order valence-corrected chi connectivity index (χ0v) is 16.6. The van der Waals surface area contributed by atoms with Crippen molar-refractivity contribution in [2.24, 2.45) is 0 Å². The molecule has 0 aliphatic carbocycles. The highest BCUT2D eigenvalue weighted by Crippen LogP contribution is 2.10. The van der Waals surface area contributed by atoms with Gasteiger partial charge in [-0.05, 0) is 41.8 Å². The van der Waals surface area contributed by atoms with Crippen molar-refractivity contribution in [1.29, 1.82) is 0 Å². The van der Waals surface area contributed by atoms with E-state index in [1.54, 1.807) is 48.1 Å². The van der Waals surface area contributed by atoms with Crippen LogP contribution in [0.3, 0.4) is 0 Å². The zero-order valence-electron chi connectivity index (χ0n) is 16.6. The van der Waals surface area contributed by atoms with Gasteiger partial charge in [0.2, 0.25) is 0 Å². The number of rotatable bonds is 6. The maximum absolute atomic E-state index is 13.2. The third kappa shape index (κ3) is 4.15. The van der Waals surface area contributed by atoms with Gasteiger partial charge in [-0.1, -0.05) is 42.5 Å². The monoisotopic (exact) mass is 416 g/mol. The van der Waals surface area contributed by atoms with Crippen molar-refractivity contribution in [1.82, 2.24) is 19.6 Å². The lowest BCUT2D eigenvalue weighted by atomic mass is 10.1. The average molecular weight is 416 g/mol. The molecule has 2 N–H and O–H groups in total. The number of pyridine rings is 1. The molecule has 4 rings (SSSR count). The fourth-order valence-electron chi connectivity index (χ4n) is 3.48. The Kier molecular flexibility index (Phi) is 5.72. The summed E-state index contributed by atoms with van der Waals surface area (Å²) in [7, 11) is 0. The highest BCUT2D eigenvalue weighted by molar-refractivity contribution is 5.93. The van der Waals surface area contributed by atoms with Gasteiger partial charge < -0.3 is 0 Å². The largest absolute Gasteiger partial charge is 0.332 e. The number of amides is 1. The summed E-state index contributed by atoms with van der Waals surface area (Å²) < 4.78 is 2.70. The molecule has 0 saturated heterocycles. The number of nitrogens with zero attached hydrogens (tertiary/aromatic N) is 3. The molecule has 4 aromatic rings. The Bertz CT molecular complexity index is 1340. The molecule has 2 heterocycles. The molecule has 0 fully saturated rings. The van der Waals surface area contributed by atoms with Gasteiger partial charge in [-0.25, -0.2) is 15.3 Å². The first-order valence-corrected chi connectivity index (χ1v) is 9.74. The summed E-state index contributed by atoms with van der Waals surface area (Å²) in [6.45, 7) is 0.432. The van der Waals surface area contributed by atoms with Gasteiger partial charge in [-0.3, -0.25) is 23.9 Å². The second-order valence-electron chi connectivity index (χ2n) is 7.07. The normalized spacial score (nSPS) is 10.9. The van der Waals surface area contributed by atoms with E-state index in [-0.39, 0.29) is 24.2 Å². The lowest BCUT2D eigenvalue weighted by Crippen LogP contribution is -2.41. The third-order valence-electron chi connectivity index (χ3n) is 5.10. The van der Waals surface area contributed by atoms with E-state index in [9.17, 15) is 14.4 Å². The van der Waals surface area contributed by atoms with Crippen LogP contribution >= 0.6 is 0 Å². The number of benzene rings is 2. The van der Waals surface area contributed by atoms with Crippen LogP contribution in [0.2, 0.25) is 0 Å². The highest BCUT2D eigenvalue weighted by Gasteiger charge is 2.14. The number of hydrogen-bond acceptors (Lipinski definition) is 5. The van der Waals surface area contributed by atoms with Gasteiger partial charge in [0, 0.05) is 18.3 Å². The second-order valence-corrected chi connectivity index (χ2v) is 7.07. The molecule has 0 aliphatic rings. The fraction of sp³-hybridized carbons (Fsp3) is 0.130. The van der Waals surface area contributed by atoms with Crippen molar-refractivity contribution in [3.63, 3.8) is 0 Å². The van der Waals surface area contributed by atoms with Crippen molar-refractivity contribution in [3.05, 3.63) is 110 Å². The van der Waals surface area contributed by atoms with Crippen LogP contribution < -0.4 is 16.7 Å². The van der Waals surface area contributed by atoms with Crippen LogP contribution in [0, 0.1) is 0 Å². The standard InChI is InChI=1S/C23H20N4O4/c28-21(25-31)18-10-8-17(9-11-18)15-27-20-19(7-4-13-24-20)22(29)26(23(27)30)14-12-16-5-2-1-3-6-16/h1-11,13,31H,12,14-15H2,(H,25,28).